The maximum absolute atomic E-state index is 12.1. The van der Waals surface area contributed by atoms with Crippen molar-refractivity contribution in [3.63, 3.8) is 0 Å². The van der Waals surface area contributed by atoms with Crippen molar-refractivity contribution >= 4 is 11.8 Å². The molecule has 0 saturated carbocycles. The fourth-order valence-electron chi connectivity index (χ4n) is 2.32. The molecule has 0 radical (unpaired) electrons. The van der Waals surface area contributed by atoms with Crippen LogP contribution in [0.25, 0.3) is 0 Å². The zero-order valence-corrected chi connectivity index (χ0v) is 11.2. The number of carbonyl (C=O) groups excluding carboxylic acids is 2. The zero-order chi connectivity index (χ0) is 12.8. The molecule has 0 aromatic carbocycles. The van der Waals surface area contributed by atoms with Gasteiger partial charge in [-0.2, -0.15) is 0 Å². The lowest BCUT2D eigenvalue weighted by molar-refractivity contribution is -0.118. The monoisotopic (exact) mass is 240 g/mol. The Balaban J connectivity index is 2.67. The predicted octanol–water partition coefficient (Wildman–Crippen LogP) is 2.33. The summed E-state index contributed by atoms with van der Waals surface area (Å²) in [5.41, 5.74) is 0. The number of Topliss-reactive ketones (excluding diaryl/α,β-unsaturated/α-hetero) is 1. The summed E-state index contributed by atoms with van der Waals surface area (Å²) >= 11 is 0. The minimum absolute atomic E-state index is 0.0202. The minimum atomic E-state index is -0.0202. The van der Waals surface area contributed by atoms with Crippen molar-refractivity contribution in [3.05, 3.63) is 0 Å². The highest BCUT2D eigenvalue weighted by molar-refractivity contribution is 5.79. The molecule has 0 aromatic heterocycles. The van der Waals surface area contributed by atoms with E-state index < -0.39 is 0 Å². The number of nitrogens with one attached hydrogen (secondary N) is 1. The Labute approximate surface area is 104 Å². The van der Waals surface area contributed by atoms with Gasteiger partial charge < -0.3 is 10.2 Å². The average molecular weight is 240 g/mol. The van der Waals surface area contributed by atoms with E-state index >= 15 is 0 Å². The first-order valence-corrected chi connectivity index (χ1v) is 6.57. The van der Waals surface area contributed by atoms with Crippen molar-refractivity contribution in [2.45, 2.75) is 65.0 Å². The molecular formula is C13H24N2O2. The summed E-state index contributed by atoms with van der Waals surface area (Å²) in [5.74, 6) is 0.166. The summed E-state index contributed by atoms with van der Waals surface area (Å²) in [6, 6.07) is 0.214. The van der Waals surface area contributed by atoms with E-state index in [0.717, 1.165) is 32.2 Å². The molecule has 1 atom stereocenters. The maximum Gasteiger partial charge on any atom is 0.317 e. The van der Waals surface area contributed by atoms with Crippen LogP contribution in [0.1, 0.15) is 52.9 Å². The van der Waals surface area contributed by atoms with Gasteiger partial charge in [0.1, 0.15) is 5.78 Å². The lowest BCUT2D eigenvalue weighted by Gasteiger charge is -2.30. The second-order valence-electron chi connectivity index (χ2n) is 5.21. The molecule has 1 aliphatic rings. The summed E-state index contributed by atoms with van der Waals surface area (Å²) in [6.07, 6.45) is 4.75. The van der Waals surface area contributed by atoms with Crippen LogP contribution in [0.5, 0.6) is 0 Å². The van der Waals surface area contributed by atoms with Crippen molar-refractivity contribution in [3.8, 4) is 0 Å². The molecule has 2 amide bonds. The minimum Gasteiger partial charge on any atom is -0.336 e. The van der Waals surface area contributed by atoms with Gasteiger partial charge in [0.25, 0.3) is 0 Å². The Hall–Kier alpha value is -1.06. The summed E-state index contributed by atoms with van der Waals surface area (Å²) in [5, 5.41) is 2.92. The highest BCUT2D eigenvalue weighted by Crippen LogP contribution is 2.19. The van der Waals surface area contributed by atoms with Gasteiger partial charge in [-0.3, -0.25) is 4.79 Å². The van der Waals surface area contributed by atoms with Crippen molar-refractivity contribution in [1.29, 1.82) is 0 Å². The smallest absolute Gasteiger partial charge is 0.317 e. The number of carbonyl (C=O) groups is 2. The number of hydrogen-bond acceptors (Lipinski definition) is 2. The normalized spacial score (nSPS) is 21.2. The standard InChI is InChI=1S/C13H24N2O2/c1-10(2)14-13(17)15-8-6-4-5-7-12(15)9-11(3)16/h10,12H,4-9H2,1-3H3,(H,14,17). The summed E-state index contributed by atoms with van der Waals surface area (Å²) in [7, 11) is 0. The van der Waals surface area contributed by atoms with Gasteiger partial charge in [0.15, 0.2) is 0 Å². The van der Waals surface area contributed by atoms with Gasteiger partial charge in [0.2, 0.25) is 0 Å². The molecule has 1 unspecified atom stereocenters. The molecular weight excluding hydrogens is 216 g/mol. The largest absolute Gasteiger partial charge is 0.336 e. The first kappa shape index (κ1) is 14.0. The number of hydrogen-bond donors (Lipinski definition) is 1. The first-order chi connectivity index (χ1) is 8.00. The Morgan fingerprint density at radius 1 is 1.29 bits per heavy atom. The molecule has 1 aliphatic heterocycles. The van der Waals surface area contributed by atoms with Gasteiger partial charge in [0.05, 0.1) is 0 Å². The van der Waals surface area contributed by atoms with Gasteiger partial charge in [-0.05, 0) is 33.6 Å². The van der Waals surface area contributed by atoms with Crippen molar-refractivity contribution < 1.29 is 9.59 Å². The second-order valence-corrected chi connectivity index (χ2v) is 5.21. The van der Waals surface area contributed by atoms with Crippen molar-refractivity contribution in [1.82, 2.24) is 10.2 Å². The SMILES string of the molecule is CC(=O)CC1CCCCCN1C(=O)NC(C)C. The number of likely N-dealkylation sites (tertiary alicyclic amines) is 1. The van der Waals surface area contributed by atoms with E-state index in [1.807, 2.05) is 18.7 Å². The van der Waals surface area contributed by atoms with Gasteiger partial charge >= 0.3 is 6.03 Å². The molecule has 1 rings (SSSR count). The van der Waals surface area contributed by atoms with Crippen LogP contribution in [0.3, 0.4) is 0 Å². The molecule has 4 heteroatoms. The van der Waals surface area contributed by atoms with Crippen LogP contribution in [-0.4, -0.2) is 35.3 Å². The van der Waals surface area contributed by atoms with Crippen LogP contribution in [0.4, 0.5) is 4.79 Å². The van der Waals surface area contributed by atoms with Gasteiger partial charge in [-0.15, -0.1) is 0 Å². The van der Waals surface area contributed by atoms with Crippen LogP contribution in [0.2, 0.25) is 0 Å². The average Bonchev–Trinajstić information content (AvgIpc) is 2.41. The fraction of sp³-hybridized carbons (Fsp3) is 0.846. The topological polar surface area (TPSA) is 49.4 Å². The van der Waals surface area contributed by atoms with Crippen molar-refractivity contribution in [2.75, 3.05) is 6.54 Å². The fourth-order valence-corrected chi connectivity index (χ4v) is 2.32. The zero-order valence-electron chi connectivity index (χ0n) is 11.2. The number of ketones is 1. The third kappa shape index (κ3) is 4.75. The molecule has 0 aromatic rings. The molecule has 0 bridgehead atoms. The van der Waals surface area contributed by atoms with Crippen LogP contribution < -0.4 is 5.32 Å². The molecule has 1 saturated heterocycles. The van der Waals surface area contributed by atoms with Crippen LogP contribution >= 0.6 is 0 Å². The van der Waals surface area contributed by atoms with Gasteiger partial charge in [-0.1, -0.05) is 12.8 Å². The molecule has 4 nitrogen and oxygen atoms in total. The van der Waals surface area contributed by atoms with Gasteiger partial charge in [-0.25, -0.2) is 4.79 Å². The van der Waals surface area contributed by atoms with E-state index in [2.05, 4.69) is 5.32 Å². The summed E-state index contributed by atoms with van der Waals surface area (Å²) < 4.78 is 0. The van der Waals surface area contributed by atoms with E-state index in [1.54, 1.807) is 6.92 Å². The Morgan fingerprint density at radius 3 is 2.59 bits per heavy atom. The number of amides is 2. The van der Waals surface area contributed by atoms with Gasteiger partial charge in [0, 0.05) is 25.0 Å². The van der Waals surface area contributed by atoms with E-state index in [4.69, 9.17) is 0 Å². The third-order valence-electron chi connectivity index (χ3n) is 3.07. The molecule has 0 aliphatic carbocycles. The summed E-state index contributed by atoms with van der Waals surface area (Å²) in [4.78, 5) is 25.2. The van der Waals surface area contributed by atoms with E-state index in [0.29, 0.717) is 6.42 Å². The number of nitrogens with zero attached hydrogens (tertiary/aromatic N) is 1. The molecule has 1 N–H and O–H groups in total. The molecule has 1 heterocycles. The molecule has 0 spiro atoms. The highest BCUT2D eigenvalue weighted by atomic mass is 16.2. The Morgan fingerprint density at radius 2 is 2.00 bits per heavy atom. The van der Waals surface area contributed by atoms with E-state index in [9.17, 15) is 9.59 Å². The molecule has 1 fully saturated rings. The lowest BCUT2D eigenvalue weighted by Crippen LogP contribution is -2.48. The Kier molecular flexibility index (Phi) is 5.45. The Bertz CT molecular complexity index is 277. The highest BCUT2D eigenvalue weighted by Gasteiger charge is 2.26. The molecule has 98 valence electrons. The molecule has 17 heavy (non-hydrogen) atoms. The van der Waals surface area contributed by atoms with Crippen molar-refractivity contribution in [2.24, 2.45) is 0 Å². The van der Waals surface area contributed by atoms with Crippen LogP contribution in [0.15, 0.2) is 0 Å². The van der Waals surface area contributed by atoms with Crippen LogP contribution in [0, 0.1) is 0 Å². The third-order valence-corrected chi connectivity index (χ3v) is 3.07. The quantitative estimate of drug-likeness (QED) is 0.823. The van der Waals surface area contributed by atoms with E-state index in [-0.39, 0.29) is 23.9 Å². The predicted molar refractivity (Wildman–Crippen MR) is 67.9 cm³/mol. The summed E-state index contributed by atoms with van der Waals surface area (Å²) in [6.45, 7) is 6.28. The first-order valence-electron chi connectivity index (χ1n) is 6.57. The lowest BCUT2D eigenvalue weighted by atomic mass is 10.0. The van der Waals surface area contributed by atoms with Crippen LogP contribution in [-0.2, 0) is 4.79 Å². The number of rotatable bonds is 3. The second kappa shape index (κ2) is 6.62. The van der Waals surface area contributed by atoms with E-state index in [1.165, 1.54) is 0 Å². The number of urea groups is 1. The maximum atomic E-state index is 12.1.